The number of nitrogens with zero attached hydrogens (tertiary/aromatic N) is 3. The molecule has 0 amide bonds. The van der Waals surface area contributed by atoms with Gasteiger partial charge in [0.05, 0.1) is 25.4 Å². The summed E-state index contributed by atoms with van der Waals surface area (Å²) in [5.74, 6) is 0. The number of ether oxygens (including phenoxy) is 1. The van der Waals surface area contributed by atoms with Gasteiger partial charge in [-0.1, -0.05) is 12.2 Å². The first-order chi connectivity index (χ1) is 8.66. The number of aromatic amines is 1. The van der Waals surface area contributed by atoms with Gasteiger partial charge in [-0.25, -0.2) is 9.97 Å². The third kappa shape index (κ3) is 1.83. The van der Waals surface area contributed by atoms with Gasteiger partial charge in [-0.3, -0.25) is 4.57 Å². The van der Waals surface area contributed by atoms with Gasteiger partial charge in [0, 0.05) is 6.42 Å². The Hall–Kier alpha value is -1.35. The van der Waals surface area contributed by atoms with Gasteiger partial charge in [0.2, 0.25) is 0 Å². The first-order valence-corrected chi connectivity index (χ1v) is 5.95. The maximum absolute atomic E-state index is 9.67. The van der Waals surface area contributed by atoms with Gasteiger partial charge in [-0.15, -0.1) is 0 Å². The van der Waals surface area contributed by atoms with E-state index in [0.717, 1.165) is 0 Å². The van der Waals surface area contributed by atoms with E-state index in [4.69, 9.17) is 17.0 Å². The highest BCUT2D eigenvalue weighted by Gasteiger charge is 2.30. The summed E-state index contributed by atoms with van der Waals surface area (Å²) < 4.78 is 7.66. The Kier molecular flexibility index (Phi) is 2.86. The third-order valence-corrected chi connectivity index (χ3v) is 3.34. The van der Waals surface area contributed by atoms with Crippen molar-refractivity contribution in [2.24, 2.45) is 0 Å². The lowest BCUT2D eigenvalue weighted by Gasteiger charge is -2.31. The van der Waals surface area contributed by atoms with Gasteiger partial charge < -0.3 is 19.9 Å². The van der Waals surface area contributed by atoms with Crippen LogP contribution in [0.25, 0.3) is 11.2 Å². The fourth-order valence-electron chi connectivity index (χ4n) is 2.04. The average molecular weight is 268 g/mol. The second-order valence-electron chi connectivity index (χ2n) is 4.22. The monoisotopic (exact) mass is 268 g/mol. The van der Waals surface area contributed by atoms with Crippen molar-refractivity contribution in [3.05, 3.63) is 17.3 Å². The molecule has 3 N–H and O–H groups in total. The lowest BCUT2D eigenvalue weighted by atomic mass is 10.1. The van der Waals surface area contributed by atoms with E-state index in [-0.39, 0.29) is 12.8 Å². The summed E-state index contributed by atoms with van der Waals surface area (Å²) in [7, 11) is 0. The van der Waals surface area contributed by atoms with Crippen LogP contribution in [0, 0.1) is 4.64 Å². The predicted molar refractivity (Wildman–Crippen MR) is 64.3 cm³/mol. The Bertz CT molecular complexity index is 625. The molecule has 2 aromatic rings. The van der Waals surface area contributed by atoms with Crippen molar-refractivity contribution in [2.75, 3.05) is 6.61 Å². The molecule has 1 aliphatic heterocycles. The van der Waals surface area contributed by atoms with Crippen molar-refractivity contribution in [1.29, 1.82) is 0 Å². The molecule has 3 rings (SSSR count). The van der Waals surface area contributed by atoms with E-state index in [1.165, 1.54) is 6.33 Å². The van der Waals surface area contributed by atoms with Crippen molar-refractivity contribution in [3.63, 3.8) is 0 Å². The molecule has 1 saturated heterocycles. The predicted octanol–water partition coefficient (Wildman–Crippen LogP) is 0.130. The molecule has 0 aromatic carbocycles. The molecule has 1 aliphatic rings. The molecule has 3 atom stereocenters. The fraction of sp³-hybridized carbons (Fsp3) is 0.500. The molecule has 0 bridgehead atoms. The number of aromatic nitrogens is 4. The molecule has 0 saturated carbocycles. The van der Waals surface area contributed by atoms with Gasteiger partial charge in [0.25, 0.3) is 0 Å². The van der Waals surface area contributed by atoms with E-state index < -0.39 is 12.2 Å². The molecular formula is C10H12N4O3S. The smallest absolute Gasteiger partial charge is 0.157 e. The van der Waals surface area contributed by atoms with E-state index in [0.29, 0.717) is 22.2 Å². The largest absolute Gasteiger partial charge is 0.390 e. The Labute approximate surface area is 107 Å². The summed E-state index contributed by atoms with van der Waals surface area (Å²) in [5, 5.41) is 19.1. The van der Waals surface area contributed by atoms with E-state index in [1.807, 2.05) is 0 Å². The van der Waals surface area contributed by atoms with Gasteiger partial charge in [0.15, 0.2) is 4.64 Å². The number of aliphatic hydroxyl groups excluding tert-OH is 2. The number of imidazole rings is 1. The van der Waals surface area contributed by atoms with E-state index >= 15 is 0 Å². The SMILES string of the molecule is OC1COC(n2cnc3c(=S)nc[nH]c32)CC1O. The first kappa shape index (κ1) is 11.7. The number of rotatable bonds is 1. The molecule has 7 nitrogen and oxygen atoms in total. The van der Waals surface area contributed by atoms with Crippen LogP contribution in [0.5, 0.6) is 0 Å². The minimum Gasteiger partial charge on any atom is -0.390 e. The Morgan fingerprint density at radius 1 is 1.39 bits per heavy atom. The van der Waals surface area contributed by atoms with Crippen LogP contribution in [0.3, 0.4) is 0 Å². The molecule has 0 aliphatic carbocycles. The minimum absolute atomic E-state index is 0.0946. The van der Waals surface area contributed by atoms with Gasteiger partial charge >= 0.3 is 0 Å². The molecule has 96 valence electrons. The molecule has 18 heavy (non-hydrogen) atoms. The van der Waals surface area contributed by atoms with Crippen molar-refractivity contribution >= 4 is 23.4 Å². The number of H-pyrrole nitrogens is 1. The normalized spacial score (nSPS) is 28.7. The molecule has 0 radical (unpaired) electrons. The topological polar surface area (TPSA) is 96.2 Å². The molecular weight excluding hydrogens is 256 g/mol. The van der Waals surface area contributed by atoms with Crippen LogP contribution < -0.4 is 0 Å². The average Bonchev–Trinajstić information content (AvgIpc) is 2.78. The molecule has 3 unspecified atom stereocenters. The van der Waals surface area contributed by atoms with E-state index in [1.54, 1.807) is 10.9 Å². The van der Waals surface area contributed by atoms with E-state index in [2.05, 4.69) is 15.0 Å². The molecule has 1 fully saturated rings. The van der Waals surface area contributed by atoms with Gasteiger partial charge in [-0.05, 0) is 0 Å². The number of nitrogens with one attached hydrogen (secondary N) is 1. The lowest BCUT2D eigenvalue weighted by molar-refractivity contribution is -0.144. The van der Waals surface area contributed by atoms with Crippen molar-refractivity contribution in [1.82, 2.24) is 19.5 Å². The van der Waals surface area contributed by atoms with Gasteiger partial charge in [0.1, 0.15) is 23.5 Å². The van der Waals surface area contributed by atoms with Crippen LogP contribution in [0.4, 0.5) is 0 Å². The molecule has 2 aromatic heterocycles. The summed E-state index contributed by atoms with van der Waals surface area (Å²) in [5.41, 5.74) is 1.29. The number of fused-ring (bicyclic) bond motifs is 1. The van der Waals surface area contributed by atoms with Crippen LogP contribution in [0.2, 0.25) is 0 Å². The zero-order chi connectivity index (χ0) is 12.7. The molecule has 0 spiro atoms. The summed E-state index contributed by atoms with van der Waals surface area (Å²) in [6.45, 7) is 0.0946. The van der Waals surface area contributed by atoms with Crippen LogP contribution in [0.1, 0.15) is 12.6 Å². The Morgan fingerprint density at radius 3 is 3.00 bits per heavy atom. The zero-order valence-corrected chi connectivity index (χ0v) is 10.2. The van der Waals surface area contributed by atoms with Crippen LogP contribution in [-0.2, 0) is 4.74 Å². The second kappa shape index (κ2) is 4.39. The van der Waals surface area contributed by atoms with E-state index in [9.17, 15) is 10.2 Å². The Balaban J connectivity index is 2.00. The second-order valence-corrected chi connectivity index (χ2v) is 4.60. The zero-order valence-electron chi connectivity index (χ0n) is 9.35. The van der Waals surface area contributed by atoms with Crippen LogP contribution in [0.15, 0.2) is 12.7 Å². The number of hydrogen-bond donors (Lipinski definition) is 3. The maximum atomic E-state index is 9.67. The van der Waals surface area contributed by atoms with Crippen molar-refractivity contribution < 1.29 is 14.9 Å². The molecule has 8 heteroatoms. The Morgan fingerprint density at radius 2 is 2.22 bits per heavy atom. The summed E-state index contributed by atoms with van der Waals surface area (Å²) in [4.78, 5) is 11.1. The first-order valence-electron chi connectivity index (χ1n) is 5.55. The van der Waals surface area contributed by atoms with Gasteiger partial charge in [-0.2, -0.15) is 0 Å². The minimum atomic E-state index is -0.837. The highest BCUT2D eigenvalue weighted by molar-refractivity contribution is 7.71. The quantitative estimate of drug-likeness (QED) is 0.636. The summed E-state index contributed by atoms with van der Waals surface area (Å²) >= 11 is 5.07. The lowest BCUT2D eigenvalue weighted by Crippen LogP contribution is -2.39. The fourth-order valence-corrected chi connectivity index (χ4v) is 2.24. The maximum Gasteiger partial charge on any atom is 0.157 e. The number of aliphatic hydroxyl groups is 2. The third-order valence-electron chi connectivity index (χ3n) is 3.04. The standard InChI is InChI=1S/C10H12N4O3S/c15-5-1-7(17-2-6(5)16)14-4-13-8-9(14)11-3-12-10(8)18/h3-7,15-16H,1-2H2,(H,11,12,18). The van der Waals surface area contributed by atoms with Crippen LogP contribution >= 0.6 is 12.2 Å². The van der Waals surface area contributed by atoms with Crippen molar-refractivity contribution in [2.45, 2.75) is 24.9 Å². The summed E-state index contributed by atoms with van der Waals surface area (Å²) in [6.07, 6.45) is 1.38. The highest BCUT2D eigenvalue weighted by atomic mass is 32.1. The molecule has 3 heterocycles. The number of hydrogen-bond acceptors (Lipinski definition) is 6. The van der Waals surface area contributed by atoms with Crippen molar-refractivity contribution in [3.8, 4) is 0 Å². The highest BCUT2D eigenvalue weighted by Crippen LogP contribution is 2.26. The van der Waals surface area contributed by atoms with Crippen LogP contribution in [-0.4, -0.2) is 48.5 Å². The summed E-state index contributed by atoms with van der Waals surface area (Å²) in [6, 6.07) is 0.